The first-order valence-electron chi connectivity index (χ1n) is 32.1. The van der Waals surface area contributed by atoms with Crippen molar-refractivity contribution in [3.63, 3.8) is 0 Å². The van der Waals surface area contributed by atoms with E-state index in [1.54, 1.807) is 39.9 Å². The van der Waals surface area contributed by atoms with E-state index >= 15 is 0 Å². The summed E-state index contributed by atoms with van der Waals surface area (Å²) in [4.78, 5) is 23.9. The summed E-state index contributed by atoms with van der Waals surface area (Å²) < 4.78 is 79.8. The van der Waals surface area contributed by atoms with E-state index in [2.05, 4.69) is 121 Å². The highest BCUT2D eigenvalue weighted by Crippen LogP contribution is 2.47. The normalized spacial score (nSPS) is 31.2. The Morgan fingerprint density at radius 2 is 1.57 bits per heavy atom. The first kappa shape index (κ1) is 70.9. The van der Waals surface area contributed by atoms with E-state index in [1.165, 1.54) is 5.54 Å². The van der Waals surface area contributed by atoms with Crippen LogP contribution >= 0.6 is 11.6 Å². The number of hydrogen-bond acceptors (Lipinski definition) is 15. The summed E-state index contributed by atoms with van der Waals surface area (Å²) in [5.41, 5.74) is 6.93. The van der Waals surface area contributed by atoms with Gasteiger partial charge >= 0.3 is 5.97 Å². The Labute approximate surface area is 528 Å². The lowest BCUT2D eigenvalue weighted by molar-refractivity contribution is -0.297. The Bertz CT molecular complexity index is 2720. The third kappa shape index (κ3) is 18.4. The van der Waals surface area contributed by atoms with Gasteiger partial charge in [0.25, 0.3) is 0 Å². The van der Waals surface area contributed by atoms with Crippen LogP contribution in [0.15, 0.2) is 92.7 Å². The summed E-state index contributed by atoms with van der Waals surface area (Å²) in [6.07, 6.45) is 24.4. The van der Waals surface area contributed by atoms with Gasteiger partial charge in [0.1, 0.15) is 36.1 Å². The van der Waals surface area contributed by atoms with Crippen molar-refractivity contribution in [1.29, 1.82) is 0 Å². The molecule has 7 heterocycles. The summed E-state index contributed by atoms with van der Waals surface area (Å²) in [7, 11) is 0.553. The Balaban J connectivity index is 1.14. The molecule has 7 rings (SSSR count). The zero-order valence-corrected chi connectivity index (χ0v) is 58.6. The van der Waals surface area contributed by atoms with Crippen LogP contribution in [0.5, 0.6) is 0 Å². The molecule has 15 nitrogen and oxygen atoms in total. The number of hydrogen-bond donors (Lipinski definition) is 0. The van der Waals surface area contributed by atoms with E-state index in [4.69, 9.17) is 77.2 Å². The number of esters is 1. The molecule has 0 saturated carbocycles. The lowest BCUT2D eigenvalue weighted by Crippen LogP contribution is -2.57. The molecule has 8 bridgehead atoms. The Kier molecular flexibility index (Phi) is 25.4. The standard InChI is InChI=1S/C69H107ClN2O13Si2/c1-43(2)87(44(3)4,45(5)6)85-62(33-46(7)28-29-52(74-15)24-22-30-70)61-38-57(75-16)39-69(76-17,83-61)40-64-71-51(41-77-64)34-48(9)66-50(11)67-49(10)59(81-66)25-21-26-63-72-58(42-78-63)60-37-56(84-86(18,19)68(12,13)14)36-55(80-60)35-54-32-47(8)31-53(79-54)23-20-27-65(73)82-67/h20-22,26-30,33-34,41-45,49-50,52-57,59-62,66-67H,8,23-25,31-32,35-40H2,1-7,9-19H3/t49-,50-,52+,53-,54+,55+,56+,57+,59+,60+,61+,62+,66-,67-,69-/m0/s1. The molecule has 5 aliphatic heterocycles. The fourth-order valence-electron chi connectivity index (χ4n) is 13.9. The molecule has 0 aliphatic carbocycles. The van der Waals surface area contributed by atoms with Crippen molar-refractivity contribution in [2.45, 2.75) is 274 Å². The molecular formula is C69H107ClN2O13Si2. The van der Waals surface area contributed by atoms with Gasteiger partial charge in [-0.15, -0.1) is 0 Å². The summed E-state index contributed by atoms with van der Waals surface area (Å²) >= 11 is 5.88. The van der Waals surface area contributed by atoms with Gasteiger partial charge in [-0.2, -0.15) is 0 Å². The fourth-order valence-corrected chi connectivity index (χ4v) is 20.9. The largest absolute Gasteiger partial charge is 0.458 e. The maximum absolute atomic E-state index is 13.9. The Morgan fingerprint density at radius 3 is 2.24 bits per heavy atom. The predicted octanol–water partition coefficient (Wildman–Crippen LogP) is 16.5. The van der Waals surface area contributed by atoms with E-state index in [-0.39, 0.29) is 72.1 Å². The van der Waals surface area contributed by atoms with Crippen LogP contribution in [0, 0.1) is 11.8 Å². The number of carbonyl (C=O) groups is 1. The first-order chi connectivity index (χ1) is 41.1. The van der Waals surface area contributed by atoms with Crippen LogP contribution in [0.2, 0.25) is 34.8 Å². The summed E-state index contributed by atoms with van der Waals surface area (Å²) in [6, 6.07) is 0. The second kappa shape index (κ2) is 31.2. The van der Waals surface area contributed by atoms with Gasteiger partial charge in [-0.05, 0) is 105 Å². The average Bonchev–Trinajstić information content (AvgIpc) is 2.23. The van der Waals surface area contributed by atoms with Crippen molar-refractivity contribution >= 4 is 46.4 Å². The molecule has 5 aliphatic rings. The molecule has 0 unspecified atom stereocenters. The monoisotopic (exact) mass is 1260 g/mol. The maximum atomic E-state index is 13.9. The van der Waals surface area contributed by atoms with E-state index in [9.17, 15) is 4.79 Å². The van der Waals surface area contributed by atoms with Crippen LogP contribution in [0.3, 0.4) is 0 Å². The highest BCUT2D eigenvalue weighted by atomic mass is 35.5. The molecule has 87 heavy (non-hydrogen) atoms. The van der Waals surface area contributed by atoms with Gasteiger partial charge in [-0.1, -0.05) is 142 Å². The quantitative estimate of drug-likeness (QED) is 0.0532. The van der Waals surface area contributed by atoms with Gasteiger partial charge in [0, 0.05) is 70.5 Å². The minimum Gasteiger partial charge on any atom is -0.458 e. The molecule has 0 spiro atoms. The lowest BCUT2D eigenvalue weighted by Gasteiger charge is -2.49. The summed E-state index contributed by atoms with van der Waals surface area (Å²) in [5.74, 6) is -1.02. The molecule has 0 amide bonds. The fraction of sp³-hybridized carbons (Fsp3) is 0.696. The van der Waals surface area contributed by atoms with Crippen molar-refractivity contribution in [2.75, 3.05) is 21.3 Å². The average molecular weight is 1260 g/mol. The highest BCUT2D eigenvalue weighted by Gasteiger charge is 2.52. The molecule has 4 saturated heterocycles. The van der Waals surface area contributed by atoms with Gasteiger partial charge < -0.3 is 55.6 Å². The van der Waals surface area contributed by atoms with E-state index in [1.807, 2.05) is 37.3 Å². The van der Waals surface area contributed by atoms with Crippen molar-refractivity contribution in [3.8, 4) is 0 Å². The van der Waals surface area contributed by atoms with E-state index in [0.717, 1.165) is 41.7 Å². The molecule has 4 fully saturated rings. The number of rotatable bonds is 20. The number of fused-ring (bicyclic) bond motifs is 9. The highest BCUT2D eigenvalue weighted by molar-refractivity contribution is 6.77. The second-order valence-corrected chi connectivity index (χ2v) is 38.4. The molecule has 486 valence electrons. The van der Waals surface area contributed by atoms with Gasteiger partial charge in [0.2, 0.25) is 14.2 Å². The van der Waals surface area contributed by atoms with E-state index in [0.29, 0.717) is 79.0 Å². The van der Waals surface area contributed by atoms with Crippen LogP contribution < -0.4 is 0 Å². The lowest BCUT2D eigenvalue weighted by atomic mass is 9.79. The minimum absolute atomic E-state index is 0.00439. The van der Waals surface area contributed by atoms with E-state index < -0.39 is 52.8 Å². The number of ether oxygens (including phenoxy) is 8. The van der Waals surface area contributed by atoms with Gasteiger partial charge in [0.15, 0.2) is 20.0 Å². The van der Waals surface area contributed by atoms with Crippen molar-refractivity contribution in [3.05, 3.63) is 107 Å². The third-order valence-corrected chi connectivity index (χ3v) is 30.3. The number of halogens is 1. The Morgan fingerprint density at radius 1 is 0.862 bits per heavy atom. The van der Waals surface area contributed by atoms with Crippen LogP contribution in [0.4, 0.5) is 0 Å². The molecule has 15 atom stereocenters. The molecule has 2 aromatic rings. The summed E-state index contributed by atoms with van der Waals surface area (Å²) in [5, 5.41) is 0.0523. The molecule has 0 N–H and O–H groups in total. The zero-order chi connectivity index (χ0) is 63.6. The van der Waals surface area contributed by atoms with Crippen molar-refractivity contribution in [2.24, 2.45) is 11.8 Å². The van der Waals surface area contributed by atoms with Crippen molar-refractivity contribution in [1.82, 2.24) is 9.97 Å². The van der Waals surface area contributed by atoms with Crippen molar-refractivity contribution < 1.29 is 60.4 Å². The number of aromatic nitrogens is 2. The number of carbonyl (C=O) groups excluding carboxylic acids is 1. The number of oxazole rings is 2. The first-order valence-corrected chi connectivity index (χ1v) is 37.6. The van der Waals surface area contributed by atoms with Crippen LogP contribution in [0.1, 0.15) is 183 Å². The molecule has 18 heteroatoms. The topological polar surface area (TPSA) is 161 Å². The van der Waals surface area contributed by atoms with Gasteiger partial charge in [-0.25, -0.2) is 14.8 Å². The molecule has 2 aromatic heterocycles. The molecular weight excluding hydrogens is 1160 g/mol. The second-order valence-electron chi connectivity index (χ2n) is 27.9. The maximum Gasteiger partial charge on any atom is 0.330 e. The van der Waals surface area contributed by atoms with Crippen LogP contribution in [0.25, 0.3) is 12.2 Å². The smallest absolute Gasteiger partial charge is 0.330 e. The van der Waals surface area contributed by atoms with Crippen LogP contribution in [-0.2, 0) is 58.0 Å². The van der Waals surface area contributed by atoms with Gasteiger partial charge in [-0.3, -0.25) is 0 Å². The number of allylic oxidation sites excluding steroid dienone is 2. The zero-order valence-electron chi connectivity index (χ0n) is 55.8. The SMILES string of the molecule is C=C1C[C@@H]2C[C@@H]3C[C@@H](O[Si](C)(C)C(C)(C)C)C[C@@H](O3)c3coc(n3)C=CC[C@H]3O[C@@H](C(C)=Cc4coc(C[C@]5(OC)C[C@H](OC)C[C@H]([C@@H](C=C(C)C=C[C@@H](CC=CCl)OC)O[Si](C(C)C)(C(C)C)C(C)C)O5)n4)[C@H](C)[C@@H](OC(=O)C=CC[C@@H](C1)O2)[C@H]3C. The van der Waals surface area contributed by atoms with Gasteiger partial charge in [0.05, 0.1) is 67.5 Å². The molecule has 0 radical (unpaired) electrons. The third-order valence-electron chi connectivity index (χ3n) is 19.5. The number of methoxy groups -OCH3 is 3. The molecule has 0 aromatic carbocycles. The number of nitrogens with zero attached hydrogens (tertiary/aromatic N) is 2. The minimum atomic E-state index is -2.45. The van der Waals surface area contributed by atoms with Crippen LogP contribution in [-0.4, -0.2) is 127 Å². The summed E-state index contributed by atoms with van der Waals surface area (Å²) in [6.45, 7) is 37.9. The Hall–Kier alpha value is -3.57. The predicted molar refractivity (Wildman–Crippen MR) is 349 cm³/mol.